The molecule has 0 aliphatic heterocycles. The van der Waals surface area contributed by atoms with Crippen molar-refractivity contribution in [1.29, 1.82) is 0 Å². The quantitative estimate of drug-likeness (QED) is 0.369. The number of nitrogens with zero attached hydrogens (tertiary/aromatic N) is 3. The summed E-state index contributed by atoms with van der Waals surface area (Å²) in [5.41, 5.74) is 0.0748. The summed E-state index contributed by atoms with van der Waals surface area (Å²) in [5.74, 6) is -2.31. The van der Waals surface area contributed by atoms with Crippen LogP contribution in [0, 0.1) is 24.4 Å². The molecule has 0 saturated heterocycles. The molecule has 2 aromatic carbocycles. The number of pyridine rings is 1. The molecule has 0 fully saturated rings. The minimum Gasteiger partial charge on any atom is -0.450 e. The zero-order valence-electron chi connectivity index (χ0n) is 19.4. The summed E-state index contributed by atoms with van der Waals surface area (Å²) >= 11 is 0. The van der Waals surface area contributed by atoms with Gasteiger partial charge < -0.3 is 15.4 Å². The Hall–Kier alpha value is -4.41. The van der Waals surface area contributed by atoms with E-state index in [0.717, 1.165) is 22.8 Å². The van der Waals surface area contributed by atoms with E-state index < -0.39 is 34.8 Å². The molecule has 0 bridgehead atoms. The van der Waals surface area contributed by atoms with Gasteiger partial charge in [0.15, 0.2) is 5.65 Å². The van der Waals surface area contributed by atoms with Gasteiger partial charge in [-0.1, -0.05) is 6.07 Å². The summed E-state index contributed by atoms with van der Waals surface area (Å²) in [4.78, 5) is 33.3. The zero-order valence-corrected chi connectivity index (χ0v) is 19.4. The lowest BCUT2D eigenvalue weighted by atomic mass is 10.0. The van der Waals surface area contributed by atoms with Gasteiger partial charge in [-0.2, -0.15) is 4.98 Å². The van der Waals surface area contributed by atoms with E-state index in [9.17, 15) is 22.8 Å². The van der Waals surface area contributed by atoms with Gasteiger partial charge in [0, 0.05) is 30.1 Å². The third-order valence-electron chi connectivity index (χ3n) is 5.31. The van der Waals surface area contributed by atoms with Crippen LogP contribution in [0.5, 0.6) is 0 Å². The summed E-state index contributed by atoms with van der Waals surface area (Å²) in [7, 11) is 0. The maximum Gasteiger partial charge on any atom is 0.407 e. The van der Waals surface area contributed by atoms with Gasteiger partial charge in [-0.25, -0.2) is 22.9 Å². The topological polar surface area (TPSA) is 98.1 Å². The molecular formula is C25H22F3N5O3. The number of nitrogens with one attached hydrogen (secondary N) is 2. The molecular weight excluding hydrogens is 475 g/mol. The second kappa shape index (κ2) is 10.5. The molecule has 0 radical (unpaired) electrons. The van der Waals surface area contributed by atoms with Gasteiger partial charge in [0.25, 0.3) is 5.56 Å². The first-order chi connectivity index (χ1) is 17.3. The summed E-state index contributed by atoms with van der Waals surface area (Å²) in [6.07, 6.45) is -0.592. The van der Waals surface area contributed by atoms with Crippen LogP contribution in [-0.2, 0) is 4.74 Å². The van der Waals surface area contributed by atoms with Crippen molar-refractivity contribution in [2.75, 3.05) is 25.0 Å². The van der Waals surface area contributed by atoms with Crippen LogP contribution in [0.1, 0.15) is 12.5 Å². The van der Waals surface area contributed by atoms with Crippen LogP contribution in [-0.4, -0.2) is 40.3 Å². The molecule has 2 aromatic heterocycles. The first-order valence-corrected chi connectivity index (χ1v) is 11.1. The van der Waals surface area contributed by atoms with E-state index in [1.165, 1.54) is 30.3 Å². The number of aryl methyl sites for hydroxylation is 1. The molecule has 0 unspecified atom stereocenters. The van der Waals surface area contributed by atoms with E-state index in [1.54, 1.807) is 13.8 Å². The van der Waals surface area contributed by atoms with Gasteiger partial charge in [-0.3, -0.25) is 9.36 Å². The number of fused-ring (bicyclic) bond motifs is 1. The molecule has 36 heavy (non-hydrogen) atoms. The van der Waals surface area contributed by atoms with Crippen LogP contribution >= 0.6 is 0 Å². The van der Waals surface area contributed by atoms with Gasteiger partial charge in [0.05, 0.1) is 12.3 Å². The Morgan fingerprint density at radius 2 is 1.78 bits per heavy atom. The van der Waals surface area contributed by atoms with Crippen molar-refractivity contribution in [3.63, 3.8) is 0 Å². The maximum absolute atomic E-state index is 14.7. The lowest BCUT2D eigenvalue weighted by molar-refractivity contribution is 0.152. The van der Waals surface area contributed by atoms with Crippen molar-refractivity contribution >= 4 is 23.1 Å². The lowest BCUT2D eigenvalue weighted by Gasteiger charge is -2.16. The van der Waals surface area contributed by atoms with Crippen molar-refractivity contribution in [3.05, 3.63) is 81.9 Å². The Morgan fingerprint density at radius 3 is 2.47 bits per heavy atom. The van der Waals surface area contributed by atoms with Crippen molar-refractivity contribution in [1.82, 2.24) is 19.9 Å². The second-order valence-electron chi connectivity index (χ2n) is 7.74. The van der Waals surface area contributed by atoms with E-state index in [-0.39, 0.29) is 31.3 Å². The molecule has 2 heterocycles. The van der Waals surface area contributed by atoms with Gasteiger partial charge in [0.2, 0.25) is 5.95 Å². The molecule has 1 amide bonds. The minimum atomic E-state index is -0.948. The third-order valence-corrected chi connectivity index (χ3v) is 5.31. The highest BCUT2D eigenvalue weighted by Crippen LogP contribution is 2.31. The van der Waals surface area contributed by atoms with E-state index in [0.29, 0.717) is 22.2 Å². The smallest absolute Gasteiger partial charge is 0.407 e. The monoisotopic (exact) mass is 497 g/mol. The van der Waals surface area contributed by atoms with E-state index in [2.05, 4.69) is 20.6 Å². The molecule has 4 aromatic rings. The van der Waals surface area contributed by atoms with E-state index in [4.69, 9.17) is 4.74 Å². The van der Waals surface area contributed by atoms with Crippen LogP contribution < -0.4 is 16.2 Å². The summed E-state index contributed by atoms with van der Waals surface area (Å²) in [6.45, 7) is 3.93. The molecule has 11 heteroatoms. The van der Waals surface area contributed by atoms with Crippen LogP contribution in [0.25, 0.3) is 28.0 Å². The van der Waals surface area contributed by atoms with Crippen molar-refractivity contribution in [2.24, 2.45) is 0 Å². The fourth-order valence-corrected chi connectivity index (χ4v) is 3.73. The van der Waals surface area contributed by atoms with E-state index >= 15 is 0 Å². The normalized spacial score (nSPS) is 10.9. The number of benzene rings is 2. The Labute approximate surface area is 203 Å². The highest BCUT2D eigenvalue weighted by molar-refractivity contribution is 5.93. The molecule has 2 N–H and O–H groups in total. The Bertz CT molecular complexity index is 1490. The van der Waals surface area contributed by atoms with Gasteiger partial charge >= 0.3 is 6.09 Å². The highest BCUT2D eigenvalue weighted by atomic mass is 19.1. The number of hydrogen-bond donors (Lipinski definition) is 2. The Balaban J connectivity index is 1.89. The maximum atomic E-state index is 14.7. The number of para-hydroxylation sites is 1. The number of anilines is 1. The van der Waals surface area contributed by atoms with Crippen molar-refractivity contribution < 1.29 is 22.7 Å². The largest absolute Gasteiger partial charge is 0.450 e. The number of carbonyl (C=O) groups is 1. The number of ether oxygens (including phenoxy) is 1. The first kappa shape index (κ1) is 24.7. The molecule has 8 nitrogen and oxygen atoms in total. The average Bonchev–Trinajstić information content (AvgIpc) is 2.83. The average molecular weight is 497 g/mol. The number of halogens is 3. The number of aromatic nitrogens is 3. The van der Waals surface area contributed by atoms with Crippen molar-refractivity contribution in [3.8, 4) is 16.9 Å². The number of rotatable bonds is 7. The molecule has 0 aliphatic rings. The Kier molecular flexibility index (Phi) is 7.18. The number of alkyl carbamates (subject to hydrolysis) is 1. The first-order valence-electron chi connectivity index (χ1n) is 11.1. The fourth-order valence-electron chi connectivity index (χ4n) is 3.73. The van der Waals surface area contributed by atoms with Crippen molar-refractivity contribution in [2.45, 2.75) is 13.8 Å². The number of hydrogen-bond acceptors (Lipinski definition) is 6. The number of amides is 1. The highest BCUT2D eigenvalue weighted by Gasteiger charge is 2.20. The van der Waals surface area contributed by atoms with Crippen LogP contribution in [0.2, 0.25) is 0 Å². The lowest BCUT2D eigenvalue weighted by Crippen LogP contribution is -2.29. The molecule has 0 atom stereocenters. The van der Waals surface area contributed by atoms with Crippen LogP contribution in [0.15, 0.2) is 53.3 Å². The SMILES string of the molecule is CCOC(=O)NCCNc1nc(-c2ccc(F)cc2C)c2ccc(=O)n(-c3c(F)cccc3F)c2n1. The standard InChI is InChI=1S/C25H22F3N5O3/c1-3-36-25(35)30-12-11-29-24-31-21(16-8-7-15(26)13-14(16)2)17-9-10-20(34)33(23(17)32-24)22-18(27)5-4-6-19(22)28/h4-10,13H,3,11-12H2,1-2H3,(H,30,35)(H,29,31,32). The van der Waals surface area contributed by atoms with Gasteiger partial charge in [-0.05, 0) is 55.8 Å². The summed E-state index contributed by atoms with van der Waals surface area (Å²) in [5, 5.41) is 5.79. The molecule has 4 rings (SSSR count). The summed E-state index contributed by atoms with van der Waals surface area (Å²) in [6, 6.07) is 10.00. The minimum absolute atomic E-state index is 0.0305. The predicted octanol–water partition coefficient (Wildman–Crippen LogP) is 4.33. The Morgan fingerprint density at radius 1 is 1.03 bits per heavy atom. The van der Waals surface area contributed by atoms with Crippen LogP contribution in [0.3, 0.4) is 0 Å². The predicted molar refractivity (Wildman–Crippen MR) is 129 cm³/mol. The summed E-state index contributed by atoms with van der Waals surface area (Å²) < 4.78 is 48.9. The molecule has 186 valence electrons. The van der Waals surface area contributed by atoms with Gasteiger partial charge in [-0.15, -0.1) is 0 Å². The molecule has 0 saturated carbocycles. The molecule has 0 aliphatic carbocycles. The zero-order chi connectivity index (χ0) is 25.8. The van der Waals surface area contributed by atoms with Gasteiger partial charge in [0.1, 0.15) is 23.1 Å². The fraction of sp³-hybridized carbons (Fsp3) is 0.200. The number of carbonyl (C=O) groups excluding carboxylic acids is 1. The van der Waals surface area contributed by atoms with Crippen LogP contribution in [0.4, 0.5) is 23.9 Å². The third kappa shape index (κ3) is 4.99. The molecule has 0 spiro atoms. The second-order valence-corrected chi connectivity index (χ2v) is 7.74. The van der Waals surface area contributed by atoms with E-state index in [1.807, 2.05) is 0 Å².